The van der Waals surface area contributed by atoms with Crippen molar-refractivity contribution in [3.8, 4) is 0 Å². The topological polar surface area (TPSA) is 68.3 Å². The molecular weight excluding hydrogens is 228 g/mol. The molecule has 4 heteroatoms. The third-order valence-electron chi connectivity index (χ3n) is 3.57. The Labute approximate surface area is 108 Å². The molecule has 3 N–H and O–H groups in total. The normalized spacial score (nSPS) is 20.2. The van der Waals surface area contributed by atoms with E-state index >= 15 is 0 Å². The largest absolute Gasteiger partial charge is 0.469 e. The fourth-order valence-electron chi connectivity index (χ4n) is 2.47. The van der Waals surface area contributed by atoms with Gasteiger partial charge in [-0.2, -0.15) is 0 Å². The van der Waals surface area contributed by atoms with E-state index in [4.69, 9.17) is 10.2 Å². The van der Waals surface area contributed by atoms with E-state index in [1.165, 1.54) is 0 Å². The van der Waals surface area contributed by atoms with Gasteiger partial charge in [-0.25, -0.2) is 0 Å². The van der Waals surface area contributed by atoms with Crippen LogP contribution >= 0.6 is 0 Å². The number of aryl methyl sites for hydroxylation is 1. The lowest BCUT2D eigenvalue weighted by atomic mass is 9.93. The van der Waals surface area contributed by atoms with Gasteiger partial charge in [0.15, 0.2) is 0 Å². The van der Waals surface area contributed by atoms with Crippen molar-refractivity contribution in [3.63, 3.8) is 0 Å². The van der Waals surface area contributed by atoms with Crippen LogP contribution in [0.1, 0.15) is 56.4 Å². The van der Waals surface area contributed by atoms with Gasteiger partial charge >= 0.3 is 0 Å². The zero-order valence-corrected chi connectivity index (χ0v) is 10.9. The molecule has 0 fully saturated rings. The van der Waals surface area contributed by atoms with E-state index in [-0.39, 0.29) is 18.0 Å². The van der Waals surface area contributed by atoms with Crippen LogP contribution in [0.25, 0.3) is 0 Å². The maximum absolute atomic E-state index is 12.0. The summed E-state index contributed by atoms with van der Waals surface area (Å²) in [5, 5.41) is 3.05. The van der Waals surface area contributed by atoms with Crippen molar-refractivity contribution in [2.45, 2.75) is 57.5 Å². The Morgan fingerprint density at radius 2 is 2.50 bits per heavy atom. The van der Waals surface area contributed by atoms with Crippen molar-refractivity contribution in [2.24, 2.45) is 5.73 Å². The van der Waals surface area contributed by atoms with E-state index in [0.717, 1.165) is 49.8 Å². The molecule has 1 amide bonds. The number of rotatable bonds is 5. The van der Waals surface area contributed by atoms with Crippen molar-refractivity contribution in [2.75, 3.05) is 0 Å². The second kappa shape index (κ2) is 6.05. The molecule has 0 saturated carbocycles. The minimum absolute atomic E-state index is 0.0394. The van der Waals surface area contributed by atoms with Gasteiger partial charge < -0.3 is 15.5 Å². The van der Waals surface area contributed by atoms with Crippen molar-refractivity contribution in [3.05, 3.63) is 23.7 Å². The van der Waals surface area contributed by atoms with Crippen LogP contribution in [0.3, 0.4) is 0 Å². The fraction of sp³-hybridized carbons (Fsp3) is 0.643. The van der Waals surface area contributed by atoms with Crippen LogP contribution in [0, 0.1) is 0 Å². The maximum atomic E-state index is 12.0. The third-order valence-corrected chi connectivity index (χ3v) is 3.57. The molecule has 0 aliphatic heterocycles. The van der Waals surface area contributed by atoms with E-state index in [2.05, 4.69) is 12.2 Å². The average Bonchev–Trinajstić information content (AvgIpc) is 2.85. The first-order chi connectivity index (χ1) is 8.72. The summed E-state index contributed by atoms with van der Waals surface area (Å²) >= 11 is 0. The second-order valence-electron chi connectivity index (χ2n) is 5.00. The Bertz CT molecular complexity index is 400. The predicted octanol–water partition coefficient (Wildman–Crippen LogP) is 2.29. The van der Waals surface area contributed by atoms with Crippen LogP contribution in [0.5, 0.6) is 0 Å². The molecule has 0 saturated heterocycles. The Balaban J connectivity index is 1.93. The minimum atomic E-state index is -0.387. The summed E-state index contributed by atoms with van der Waals surface area (Å²) in [7, 11) is 0. The molecule has 1 aliphatic rings. The van der Waals surface area contributed by atoms with Gasteiger partial charge in [0.1, 0.15) is 5.76 Å². The van der Waals surface area contributed by atoms with Gasteiger partial charge in [0.2, 0.25) is 5.91 Å². The molecule has 2 unspecified atom stereocenters. The van der Waals surface area contributed by atoms with Crippen LogP contribution in [0.4, 0.5) is 0 Å². The summed E-state index contributed by atoms with van der Waals surface area (Å²) in [5.74, 6) is 0.969. The lowest BCUT2D eigenvalue weighted by Crippen LogP contribution is -2.42. The Morgan fingerprint density at radius 3 is 3.28 bits per heavy atom. The molecule has 4 nitrogen and oxygen atoms in total. The fourth-order valence-corrected chi connectivity index (χ4v) is 2.47. The van der Waals surface area contributed by atoms with Crippen molar-refractivity contribution >= 4 is 5.91 Å². The highest BCUT2D eigenvalue weighted by atomic mass is 16.3. The monoisotopic (exact) mass is 250 g/mol. The molecule has 18 heavy (non-hydrogen) atoms. The third kappa shape index (κ3) is 2.93. The lowest BCUT2D eigenvalue weighted by molar-refractivity contribution is -0.123. The standard InChI is InChI=1S/C14H22N2O2/c1-2-3-5-11(15)14(17)16-12-6-4-7-13-10(12)8-9-18-13/h8-9,11-12H,2-7,15H2,1H3,(H,16,17). The Hall–Kier alpha value is -1.29. The van der Waals surface area contributed by atoms with Crippen LogP contribution in [0.2, 0.25) is 0 Å². The van der Waals surface area contributed by atoms with Gasteiger partial charge in [0.05, 0.1) is 18.3 Å². The molecule has 2 atom stereocenters. The lowest BCUT2D eigenvalue weighted by Gasteiger charge is -2.24. The SMILES string of the molecule is CCCCC(N)C(=O)NC1CCCc2occc21. The number of furan rings is 1. The number of nitrogens with one attached hydrogen (secondary N) is 1. The van der Waals surface area contributed by atoms with E-state index in [1.807, 2.05) is 6.07 Å². The number of amides is 1. The summed E-state index contributed by atoms with van der Waals surface area (Å²) in [4.78, 5) is 12.0. The van der Waals surface area contributed by atoms with Gasteiger partial charge in [-0.05, 0) is 25.3 Å². The molecule has 0 spiro atoms. The molecule has 2 rings (SSSR count). The zero-order valence-electron chi connectivity index (χ0n) is 10.9. The summed E-state index contributed by atoms with van der Waals surface area (Å²) in [6.45, 7) is 2.10. The summed E-state index contributed by atoms with van der Waals surface area (Å²) in [6.07, 6.45) is 7.51. The average molecular weight is 250 g/mol. The number of hydrogen-bond acceptors (Lipinski definition) is 3. The van der Waals surface area contributed by atoms with E-state index < -0.39 is 0 Å². The number of fused-ring (bicyclic) bond motifs is 1. The summed E-state index contributed by atoms with van der Waals surface area (Å²) in [6, 6.07) is 1.65. The van der Waals surface area contributed by atoms with Gasteiger partial charge in [-0.3, -0.25) is 4.79 Å². The number of nitrogens with two attached hydrogens (primary N) is 1. The van der Waals surface area contributed by atoms with Crippen LogP contribution < -0.4 is 11.1 Å². The van der Waals surface area contributed by atoms with Crippen molar-refractivity contribution in [1.29, 1.82) is 0 Å². The Morgan fingerprint density at radius 1 is 1.67 bits per heavy atom. The second-order valence-corrected chi connectivity index (χ2v) is 5.00. The van der Waals surface area contributed by atoms with Gasteiger partial charge in [0.25, 0.3) is 0 Å². The van der Waals surface area contributed by atoms with Gasteiger partial charge in [0, 0.05) is 12.0 Å². The van der Waals surface area contributed by atoms with Crippen LogP contribution in [0.15, 0.2) is 16.7 Å². The molecule has 0 radical (unpaired) electrons. The molecule has 1 aromatic heterocycles. The first-order valence-corrected chi connectivity index (χ1v) is 6.84. The number of hydrogen-bond donors (Lipinski definition) is 2. The molecule has 0 bridgehead atoms. The van der Waals surface area contributed by atoms with E-state index in [9.17, 15) is 4.79 Å². The van der Waals surface area contributed by atoms with Crippen molar-refractivity contribution in [1.82, 2.24) is 5.32 Å². The Kier molecular flexibility index (Phi) is 4.42. The predicted molar refractivity (Wildman–Crippen MR) is 70.0 cm³/mol. The van der Waals surface area contributed by atoms with Crippen LogP contribution in [-0.4, -0.2) is 11.9 Å². The molecule has 1 heterocycles. The summed E-state index contributed by atoms with van der Waals surface area (Å²) in [5.41, 5.74) is 7.00. The zero-order chi connectivity index (χ0) is 13.0. The van der Waals surface area contributed by atoms with Gasteiger partial charge in [-0.15, -0.1) is 0 Å². The molecular formula is C14H22N2O2. The highest BCUT2D eigenvalue weighted by Gasteiger charge is 2.25. The highest BCUT2D eigenvalue weighted by Crippen LogP contribution is 2.30. The number of unbranched alkanes of at least 4 members (excludes halogenated alkanes) is 1. The first kappa shape index (κ1) is 13.1. The van der Waals surface area contributed by atoms with Crippen molar-refractivity contribution < 1.29 is 9.21 Å². The van der Waals surface area contributed by atoms with E-state index in [1.54, 1.807) is 6.26 Å². The van der Waals surface area contributed by atoms with E-state index in [0.29, 0.717) is 0 Å². The molecule has 1 aliphatic carbocycles. The summed E-state index contributed by atoms with van der Waals surface area (Å²) < 4.78 is 5.41. The molecule has 0 aromatic carbocycles. The minimum Gasteiger partial charge on any atom is -0.469 e. The van der Waals surface area contributed by atoms with Gasteiger partial charge in [-0.1, -0.05) is 19.8 Å². The quantitative estimate of drug-likeness (QED) is 0.842. The molecule has 100 valence electrons. The maximum Gasteiger partial charge on any atom is 0.237 e. The molecule has 1 aromatic rings. The smallest absolute Gasteiger partial charge is 0.237 e. The van der Waals surface area contributed by atoms with Crippen LogP contribution in [-0.2, 0) is 11.2 Å². The first-order valence-electron chi connectivity index (χ1n) is 6.84. The highest BCUT2D eigenvalue weighted by molar-refractivity contribution is 5.81. The number of carbonyl (C=O) groups is 1. The number of carbonyl (C=O) groups excluding carboxylic acids is 1.